The van der Waals surface area contributed by atoms with Crippen molar-refractivity contribution in [2.75, 3.05) is 6.61 Å². The lowest BCUT2D eigenvalue weighted by Gasteiger charge is -2.14. The Morgan fingerprint density at radius 3 is 2.38 bits per heavy atom. The molecule has 1 N–H and O–H groups in total. The van der Waals surface area contributed by atoms with Crippen molar-refractivity contribution in [2.24, 2.45) is 0 Å². The van der Waals surface area contributed by atoms with Gasteiger partial charge >= 0.3 is 5.97 Å². The molecule has 0 spiro atoms. The minimum Gasteiger partial charge on any atom is -0.452 e. The lowest BCUT2D eigenvalue weighted by atomic mass is 10.1. The topological polar surface area (TPSA) is 60.3 Å². The third-order valence-electron chi connectivity index (χ3n) is 4.75. The summed E-state index contributed by atoms with van der Waals surface area (Å²) >= 11 is 0. The molecule has 1 amide bonds. The van der Waals surface area contributed by atoms with E-state index in [0.29, 0.717) is 11.3 Å². The summed E-state index contributed by atoms with van der Waals surface area (Å²) in [5.74, 6) is -1.28. The third kappa shape index (κ3) is 4.71. The number of carbonyl (C=O) groups excluding carboxylic acids is 2. The summed E-state index contributed by atoms with van der Waals surface area (Å²) in [5.41, 5.74) is 3.56. The molecule has 6 heteroatoms. The quantitative estimate of drug-likeness (QED) is 0.635. The van der Waals surface area contributed by atoms with Gasteiger partial charge in [-0.1, -0.05) is 30.3 Å². The number of hydrogen-bond acceptors (Lipinski definition) is 3. The fraction of sp³-hybridized carbons (Fsp3) is 0.217. The molecule has 0 aliphatic carbocycles. The van der Waals surface area contributed by atoms with Crippen LogP contribution >= 0.6 is 0 Å². The summed E-state index contributed by atoms with van der Waals surface area (Å²) in [6.45, 7) is 5.13. The number of aryl methyl sites for hydroxylation is 1. The van der Waals surface area contributed by atoms with Gasteiger partial charge in [0.2, 0.25) is 0 Å². The average molecular weight is 394 g/mol. The molecule has 1 heterocycles. The Kier molecular flexibility index (Phi) is 6.12. The van der Waals surface area contributed by atoms with E-state index >= 15 is 0 Å². The van der Waals surface area contributed by atoms with E-state index in [2.05, 4.69) is 5.32 Å². The zero-order chi connectivity index (χ0) is 21.0. The fourth-order valence-corrected chi connectivity index (χ4v) is 3.27. The lowest BCUT2D eigenvalue weighted by Crippen LogP contribution is -2.31. The van der Waals surface area contributed by atoms with Crippen molar-refractivity contribution in [1.82, 2.24) is 9.88 Å². The number of benzene rings is 2. The Morgan fingerprint density at radius 1 is 1.07 bits per heavy atom. The second kappa shape index (κ2) is 8.73. The summed E-state index contributed by atoms with van der Waals surface area (Å²) in [6.07, 6.45) is 0. The molecule has 0 saturated carbocycles. The summed E-state index contributed by atoms with van der Waals surface area (Å²) in [4.78, 5) is 24.6. The number of hydrogen-bond donors (Lipinski definition) is 1. The molecule has 0 bridgehead atoms. The molecule has 3 rings (SSSR count). The monoisotopic (exact) mass is 394 g/mol. The van der Waals surface area contributed by atoms with E-state index in [0.717, 1.165) is 16.9 Å². The maximum absolute atomic E-state index is 13.2. The van der Waals surface area contributed by atoms with Crippen LogP contribution in [0.5, 0.6) is 0 Å². The number of nitrogens with zero attached hydrogens (tertiary/aromatic N) is 1. The van der Waals surface area contributed by atoms with Crippen LogP contribution in [0, 0.1) is 19.7 Å². The number of carbonyl (C=O) groups is 2. The van der Waals surface area contributed by atoms with Gasteiger partial charge in [0.1, 0.15) is 5.82 Å². The Bertz CT molecular complexity index is 1010. The van der Waals surface area contributed by atoms with Crippen LogP contribution in [0.25, 0.3) is 5.69 Å². The van der Waals surface area contributed by atoms with Crippen LogP contribution in [0.15, 0.2) is 60.7 Å². The molecular weight excluding hydrogens is 371 g/mol. The molecule has 3 aromatic rings. The van der Waals surface area contributed by atoms with Crippen molar-refractivity contribution >= 4 is 11.9 Å². The number of ether oxygens (including phenoxy) is 1. The third-order valence-corrected chi connectivity index (χ3v) is 4.75. The minimum absolute atomic E-state index is 0.189. The van der Waals surface area contributed by atoms with E-state index in [1.54, 1.807) is 25.1 Å². The molecular formula is C23H23FN2O3. The van der Waals surface area contributed by atoms with Crippen LogP contribution in [-0.4, -0.2) is 23.1 Å². The number of halogens is 1. The van der Waals surface area contributed by atoms with Crippen molar-refractivity contribution in [3.8, 4) is 5.69 Å². The smallest absolute Gasteiger partial charge is 0.340 e. The van der Waals surface area contributed by atoms with E-state index in [-0.39, 0.29) is 24.4 Å². The maximum atomic E-state index is 13.2. The number of rotatable bonds is 6. The van der Waals surface area contributed by atoms with E-state index in [9.17, 15) is 14.0 Å². The Hall–Kier alpha value is -3.41. The van der Waals surface area contributed by atoms with Crippen molar-refractivity contribution in [3.63, 3.8) is 0 Å². The largest absolute Gasteiger partial charge is 0.452 e. The van der Waals surface area contributed by atoms with Gasteiger partial charge in [-0.3, -0.25) is 4.79 Å². The van der Waals surface area contributed by atoms with Gasteiger partial charge in [0.25, 0.3) is 5.91 Å². The van der Waals surface area contributed by atoms with Crippen molar-refractivity contribution in [2.45, 2.75) is 26.8 Å². The van der Waals surface area contributed by atoms with Gasteiger partial charge in [0.15, 0.2) is 6.61 Å². The number of aromatic nitrogens is 1. The standard InChI is InChI=1S/C23H23FN2O3/c1-15-13-21(17(3)26(15)20-11-9-19(24)10-12-20)23(28)29-14-22(27)25-16(2)18-7-5-4-6-8-18/h4-13,16H,14H2,1-3H3,(H,25,27)/t16-/m0/s1. The highest BCUT2D eigenvalue weighted by Gasteiger charge is 2.19. The summed E-state index contributed by atoms with van der Waals surface area (Å²) in [5, 5.41) is 2.81. The zero-order valence-corrected chi connectivity index (χ0v) is 16.6. The lowest BCUT2D eigenvalue weighted by molar-refractivity contribution is -0.124. The highest BCUT2D eigenvalue weighted by atomic mass is 19.1. The van der Waals surface area contributed by atoms with Crippen LogP contribution in [0.2, 0.25) is 0 Å². The zero-order valence-electron chi connectivity index (χ0n) is 16.6. The number of esters is 1. The molecule has 2 aromatic carbocycles. The van der Waals surface area contributed by atoms with Gasteiger partial charge < -0.3 is 14.6 Å². The SMILES string of the molecule is Cc1cc(C(=O)OCC(=O)N[C@@H](C)c2ccccc2)c(C)n1-c1ccc(F)cc1. The Morgan fingerprint density at radius 2 is 1.72 bits per heavy atom. The average Bonchev–Trinajstić information content (AvgIpc) is 3.01. The van der Waals surface area contributed by atoms with E-state index in [1.807, 2.05) is 48.7 Å². The molecule has 0 radical (unpaired) electrons. The first-order valence-corrected chi connectivity index (χ1v) is 9.33. The molecule has 0 aliphatic heterocycles. The van der Waals surface area contributed by atoms with Crippen LogP contribution in [0.3, 0.4) is 0 Å². The molecule has 150 valence electrons. The van der Waals surface area contributed by atoms with Gasteiger partial charge in [0.05, 0.1) is 11.6 Å². The molecule has 0 aliphatic rings. The molecule has 5 nitrogen and oxygen atoms in total. The van der Waals surface area contributed by atoms with Crippen molar-refractivity contribution in [1.29, 1.82) is 0 Å². The predicted octanol–water partition coefficient (Wildman–Crippen LogP) is 4.27. The van der Waals surface area contributed by atoms with Crippen LogP contribution in [0.4, 0.5) is 4.39 Å². The van der Waals surface area contributed by atoms with E-state index in [4.69, 9.17) is 4.74 Å². The van der Waals surface area contributed by atoms with Gasteiger partial charge in [-0.25, -0.2) is 9.18 Å². The predicted molar refractivity (Wildman–Crippen MR) is 108 cm³/mol. The number of nitrogens with one attached hydrogen (secondary N) is 1. The Labute approximate surface area is 169 Å². The second-order valence-corrected chi connectivity index (χ2v) is 6.87. The fourth-order valence-electron chi connectivity index (χ4n) is 3.27. The van der Waals surface area contributed by atoms with Crippen LogP contribution in [0.1, 0.15) is 40.3 Å². The summed E-state index contributed by atoms with van der Waals surface area (Å²) in [6, 6.07) is 17.1. The maximum Gasteiger partial charge on any atom is 0.340 e. The van der Waals surface area contributed by atoms with E-state index in [1.165, 1.54) is 12.1 Å². The minimum atomic E-state index is -0.575. The molecule has 1 aromatic heterocycles. The first-order chi connectivity index (χ1) is 13.9. The van der Waals surface area contributed by atoms with Gasteiger partial charge in [0, 0.05) is 17.1 Å². The highest BCUT2D eigenvalue weighted by molar-refractivity contribution is 5.93. The molecule has 1 atom stereocenters. The van der Waals surface area contributed by atoms with Crippen LogP contribution in [-0.2, 0) is 9.53 Å². The first-order valence-electron chi connectivity index (χ1n) is 9.33. The Balaban J connectivity index is 1.64. The molecule has 0 saturated heterocycles. The highest BCUT2D eigenvalue weighted by Crippen LogP contribution is 2.22. The van der Waals surface area contributed by atoms with Crippen molar-refractivity contribution < 1.29 is 18.7 Å². The van der Waals surface area contributed by atoms with Crippen LogP contribution < -0.4 is 5.32 Å². The molecule has 29 heavy (non-hydrogen) atoms. The van der Waals surface area contributed by atoms with Crippen molar-refractivity contribution in [3.05, 3.63) is 89.0 Å². The first kappa shape index (κ1) is 20.3. The van der Waals surface area contributed by atoms with E-state index < -0.39 is 5.97 Å². The molecule has 0 unspecified atom stereocenters. The molecule has 0 fully saturated rings. The van der Waals surface area contributed by atoms with Gasteiger partial charge in [-0.05, 0) is 56.7 Å². The normalized spacial score (nSPS) is 11.7. The van der Waals surface area contributed by atoms with Gasteiger partial charge in [-0.2, -0.15) is 0 Å². The van der Waals surface area contributed by atoms with Gasteiger partial charge in [-0.15, -0.1) is 0 Å². The summed E-state index contributed by atoms with van der Waals surface area (Å²) < 4.78 is 20.2. The number of amides is 1. The second-order valence-electron chi connectivity index (χ2n) is 6.87. The summed E-state index contributed by atoms with van der Waals surface area (Å²) in [7, 11) is 0.